The molecule has 194 valence electrons. The maximum atomic E-state index is 15.2. The number of ether oxygens (including phenoxy) is 2. The fourth-order valence-corrected chi connectivity index (χ4v) is 5.23. The van der Waals surface area contributed by atoms with Gasteiger partial charge in [-0.15, -0.1) is 0 Å². The molecule has 0 spiro atoms. The van der Waals surface area contributed by atoms with Gasteiger partial charge < -0.3 is 19.3 Å². The Bertz CT molecular complexity index is 1450. The van der Waals surface area contributed by atoms with Crippen molar-refractivity contribution in [2.45, 2.75) is 25.5 Å². The van der Waals surface area contributed by atoms with Gasteiger partial charge in [0.25, 0.3) is 0 Å². The summed E-state index contributed by atoms with van der Waals surface area (Å²) >= 11 is 12.6. The molecule has 1 aliphatic rings. The van der Waals surface area contributed by atoms with Crippen LogP contribution in [0.25, 0.3) is 22.2 Å². The lowest BCUT2D eigenvalue weighted by molar-refractivity contribution is 0.132. The number of methoxy groups -OCH3 is 1. The first-order valence-electron chi connectivity index (χ1n) is 11.7. The SMILES string of the molecule is COc1cc2[nH]nc(-c3cnc(N4CC(C)(N(C)C)C4)c(F)c3)c2cc1O[C@H](C)c1c(Cl)cncc1Cl. The van der Waals surface area contributed by atoms with Crippen molar-refractivity contribution in [2.75, 3.05) is 39.2 Å². The summed E-state index contributed by atoms with van der Waals surface area (Å²) in [6.45, 7) is 5.40. The molecule has 0 bridgehead atoms. The van der Waals surface area contributed by atoms with Crippen LogP contribution < -0.4 is 14.4 Å². The number of aromatic amines is 1. The van der Waals surface area contributed by atoms with E-state index in [1.54, 1.807) is 25.4 Å². The highest BCUT2D eigenvalue weighted by molar-refractivity contribution is 6.35. The molecule has 0 amide bonds. The van der Waals surface area contributed by atoms with E-state index < -0.39 is 11.9 Å². The number of nitrogens with zero attached hydrogens (tertiary/aromatic N) is 5. The summed E-state index contributed by atoms with van der Waals surface area (Å²) in [6, 6.07) is 5.05. The Labute approximate surface area is 224 Å². The van der Waals surface area contributed by atoms with Gasteiger partial charge in [-0.3, -0.25) is 10.1 Å². The van der Waals surface area contributed by atoms with Crippen LogP contribution in [0.4, 0.5) is 10.2 Å². The third-order valence-electron chi connectivity index (χ3n) is 6.99. The van der Waals surface area contributed by atoms with Crippen LogP contribution in [0.2, 0.25) is 10.0 Å². The number of pyridine rings is 2. The summed E-state index contributed by atoms with van der Waals surface area (Å²) in [5, 5.41) is 8.96. The van der Waals surface area contributed by atoms with Crippen molar-refractivity contribution < 1.29 is 13.9 Å². The van der Waals surface area contributed by atoms with Crippen LogP contribution in [-0.2, 0) is 0 Å². The highest BCUT2D eigenvalue weighted by Crippen LogP contribution is 2.40. The first kappa shape index (κ1) is 25.5. The van der Waals surface area contributed by atoms with Gasteiger partial charge >= 0.3 is 0 Å². The van der Waals surface area contributed by atoms with Gasteiger partial charge in [-0.25, -0.2) is 9.37 Å². The fraction of sp³-hybridized carbons (Fsp3) is 0.346. The second kappa shape index (κ2) is 9.63. The number of hydrogen-bond donors (Lipinski definition) is 1. The third kappa shape index (κ3) is 4.56. The zero-order valence-corrected chi connectivity index (χ0v) is 22.7. The second-order valence-corrected chi connectivity index (χ2v) is 10.5. The molecule has 8 nitrogen and oxygen atoms in total. The minimum absolute atomic E-state index is 0.00248. The van der Waals surface area contributed by atoms with E-state index in [2.05, 4.69) is 32.0 Å². The van der Waals surface area contributed by atoms with E-state index in [9.17, 15) is 0 Å². The molecule has 1 atom stereocenters. The van der Waals surface area contributed by atoms with E-state index in [1.807, 2.05) is 25.9 Å². The van der Waals surface area contributed by atoms with E-state index >= 15 is 4.39 Å². The number of benzene rings is 1. The highest BCUT2D eigenvalue weighted by atomic mass is 35.5. The average molecular weight is 545 g/mol. The standard InChI is InChI=1S/C26H27Cl2FN6O2/c1-14(23-17(27)10-30-11-18(23)28)37-22-7-16-20(8-21(22)36-5)32-33-24(16)15-6-19(29)25(31-9-15)35-12-26(2,13-35)34(3)4/h6-11,14H,12-13H2,1-5H3,(H,32,33)/t14-/m1/s1. The minimum Gasteiger partial charge on any atom is -0.493 e. The van der Waals surface area contributed by atoms with Crippen LogP contribution in [0.3, 0.4) is 0 Å². The molecule has 1 N–H and O–H groups in total. The van der Waals surface area contributed by atoms with Crippen LogP contribution in [0, 0.1) is 5.82 Å². The van der Waals surface area contributed by atoms with Crippen LogP contribution in [0.15, 0.2) is 36.8 Å². The first-order valence-corrected chi connectivity index (χ1v) is 12.5. The Hall–Kier alpha value is -3.14. The zero-order chi connectivity index (χ0) is 26.5. The Morgan fingerprint density at radius 1 is 1.11 bits per heavy atom. The number of rotatable bonds is 7. The van der Waals surface area contributed by atoms with Gasteiger partial charge in [-0.2, -0.15) is 5.10 Å². The number of H-pyrrole nitrogens is 1. The van der Waals surface area contributed by atoms with Crippen LogP contribution in [0.1, 0.15) is 25.5 Å². The molecule has 4 aromatic rings. The van der Waals surface area contributed by atoms with E-state index in [0.717, 1.165) is 5.39 Å². The quantitative estimate of drug-likeness (QED) is 0.317. The fourth-order valence-electron chi connectivity index (χ4n) is 4.56. The molecule has 1 fully saturated rings. The molecule has 1 aromatic carbocycles. The molecule has 4 heterocycles. The van der Waals surface area contributed by atoms with Gasteiger partial charge in [0.05, 0.1) is 28.2 Å². The van der Waals surface area contributed by atoms with E-state index in [1.165, 1.54) is 18.5 Å². The van der Waals surface area contributed by atoms with Crippen molar-refractivity contribution in [1.29, 1.82) is 0 Å². The lowest BCUT2D eigenvalue weighted by Crippen LogP contribution is -2.67. The van der Waals surface area contributed by atoms with E-state index in [0.29, 0.717) is 62.8 Å². The molecule has 1 aliphatic heterocycles. The summed E-state index contributed by atoms with van der Waals surface area (Å²) in [6.07, 6.45) is 4.18. The van der Waals surface area contributed by atoms with E-state index in [4.69, 9.17) is 32.7 Å². The number of nitrogens with one attached hydrogen (secondary N) is 1. The molecule has 5 rings (SSSR count). The van der Waals surface area contributed by atoms with Gasteiger partial charge in [0.1, 0.15) is 11.8 Å². The van der Waals surface area contributed by atoms with Gasteiger partial charge in [0, 0.05) is 54.3 Å². The molecule has 3 aromatic heterocycles. The average Bonchev–Trinajstić information content (AvgIpc) is 3.24. The highest BCUT2D eigenvalue weighted by Gasteiger charge is 2.42. The maximum absolute atomic E-state index is 15.2. The summed E-state index contributed by atoms with van der Waals surface area (Å²) in [5.74, 6) is 0.906. The molecule has 0 radical (unpaired) electrons. The Morgan fingerprint density at radius 3 is 2.43 bits per heavy atom. The Balaban J connectivity index is 1.46. The van der Waals surface area contributed by atoms with Crippen molar-refractivity contribution in [2.24, 2.45) is 0 Å². The number of likely N-dealkylation sites (N-methyl/N-ethyl adjacent to an activating group) is 1. The minimum atomic E-state index is -0.493. The summed E-state index contributed by atoms with van der Waals surface area (Å²) in [7, 11) is 5.61. The molecular weight excluding hydrogens is 518 g/mol. The zero-order valence-electron chi connectivity index (χ0n) is 21.1. The summed E-state index contributed by atoms with van der Waals surface area (Å²) in [4.78, 5) is 12.5. The van der Waals surface area contributed by atoms with Crippen LogP contribution in [0.5, 0.6) is 11.5 Å². The lowest BCUT2D eigenvalue weighted by atomic mass is 9.91. The van der Waals surface area contributed by atoms with Gasteiger partial charge in [-0.1, -0.05) is 23.2 Å². The predicted molar refractivity (Wildman–Crippen MR) is 143 cm³/mol. The van der Waals surface area contributed by atoms with Crippen molar-refractivity contribution in [3.8, 4) is 22.8 Å². The monoisotopic (exact) mass is 544 g/mol. The van der Waals surface area contributed by atoms with Gasteiger partial charge in [0.15, 0.2) is 23.1 Å². The smallest absolute Gasteiger partial charge is 0.166 e. The third-order valence-corrected chi connectivity index (χ3v) is 7.59. The van der Waals surface area contributed by atoms with Crippen LogP contribution >= 0.6 is 23.2 Å². The van der Waals surface area contributed by atoms with Crippen molar-refractivity contribution in [3.63, 3.8) is 0 Å². The lowest BCUT2D eigenvalue weighted by Gasteiger charge is -2.52. The molecular formula is C26H27Cl2FN6O2. The Kier molecular flexibility index (Phi) is 6.64. The normalized spacial score (nSPS) is 15.6. The molecule has 37 heavy (non-hydrogen) atoms. The first-order chi connectivity index (χ1) is 17.6. The number of halogens is 3. The number of aromatic nitrogens is 4. The van der Waals surface area contributed by atoms with Gasteiger partial charge in [-0.05, 0) is 40.1 Å². The Morgan fingerprint density at radius 2 is 1.81 bits per heavy atom. The van der Waals surface area contributed by atoms with Crippen LogP contribution in [-0.4, -0.2) is 64.9 Å². The molecule has 0 aliphatic carbocycles. The van der Waals surface area contributed by atoms with Crippen molar-refractivity contribution in [3.05, 3.63) is 58.2 Å². The van der Waals surface area contributed by atoms with E-state index in [-0.39, 0.29) is 5.54 Å². The van der Waals surface area contributed by atoms with Crippen molar-refractivity contribution >= 4 is 39.9 Å². The molecule has 1 saturated heterocycles. The number of anilines is 1. The maximum Gasteiger partial charge on any atom is 0.166 e. The van der Waals surface area contributed by atoms with Gasteiger partial charge in [0.2, 0.25) is 0 Å². The van der Waals surface area contributed by atoms with Crippen molar-refractivity contribution in [1.82, 2.24) is 25.1 Å². The molecule has 0 unspecified atom stereocenters. The molecule has 0 saturated carbocycles. The second-order valence-electron chi connectivity index (χ2n) is 9.67. The predicted octanol–water partition coefficient (Wildman–Crippen LogP) is 5.75. The number of hydrogen-bond acceptors (Lipinski definition) is 7. The number of fused-ring (bicyclic) bond motifs is 1. The summed E-state index contributed by atoms with van der Waals surface area (Å²) in [5.41, 5.74) is 2.43. The largest absolute Gasteiger partial charge is 0.493 e. The summed E-state index contributed by atoms with van der Waals surface area (Å²) < 4.78 is 26.9. The topological polar surface area (TPSA) is 79.4 Å². The molecule has 11 heteroatoms.